The molecule has 1 aromatic rings. The molecule has 0 aromatic heterocycles. The SMILES string of the molecule is CC1(C)OB(C2(B3OC(C)(C)C(C)(C)O3)CCOc3ccccc32)OC1(C)C. The van der Waals surface area contributed by atoms with Crippen molar-refractivity contribution in [3.63, 3.8) is 0 Å². The van der Waals surface area contributed by atoms with Crippen LogP contribution in [0, 0.1) is 0 Å². The van der Waals surface area contributed by atoms with Crippen molar-refractivity contribution in [1.82, 2.24) is 0 Å². The van der Waals surface area contributed by atoms with Gasteiger partial charge in [-0.05, 0) is 73.4 Å². The van der Waals surface area contributed by atoms with Gasteiger partial charge in [0.2, 0.25) is 0 Å². The lowest BCUT2D eigenvalue weighted by Crippen LogP contribution is -2.60. The quantitative estimate of drug-likeness (QED) is 0.720. The average molecular weight is 386 g/mol. The van der Waals surface area contributed by atoms with Gasteiger partial charge in [0.25, 0.3) is 0 Å². The molecule has 0 radical (unpaired) electrons. The van der Waals surface area contributed by atoms with Crippen LogP contribution in [0.25, 0.3) is 0 Å². The minimum atomic E-state index is -0.620. The van der Waals surface area contributed by atoms with Crippen LogP contribution in [0.3, 0.4) is 0 Å². The van der Waals surface area contributed by atoms with Gasteiger partial charge in [-0.25, -0.2) is 0 Å². The molecule has 0 spiro atoms. The molecule has 5 nitrogen and oxygen atoms in total. The summed E-state index contributed by atoms with van der Waals surface area (Å²) in [6, 6.07) is 8.10. The highest BCUT2D eigenvalue weighted by atomic mass is 16.7. The van der Waals surface area contributed by atoms with Crippen molar-refractivity contribution in [3.8, 4) is 5.75 Å². The normalized spacial score (nSPS) is 28.7. The Kier molecular flexibility index (Phi) is 4.35. The number of benzene rings is 1. The van der Waals surface area contributed by atoms with Crippen LogP contribution in [-0.4, -0.2) is 43.2 Å². The minimum Gasteiger partial charge on any atom is -0.493 e. The highest BCUT2D eigenvalue weighted by molar-refractivity contribution is 6.71. The molecule has 0 aliphatic carbocycles. The lowest BCUT2D eigenvalue weighted by atomic mass is 9.35. The maximum Gasteiger partial charge on any atom is 0.467 e. The maximum absolute atomic E-state index is 6.57. The molecular formula is C21H32B2O5. The Morgan fingerprint density at radius 1 is 0.679 bits per heavy atom. The Balaban J connectivity index is 1.86. The van der Waals surface area contributed by atoms with Crippen molar-refractivity contribution < 1.29 is 23.4 Å². The van der Waals surface area contributed by atoms with Gasteiger partial charge in [0.05, 0.1) is 34.2 Å². The average Bonchev–Trinajstić information content (AvgIpc) is 2.94. The van der Waals surface area contributed by atoms with E-state index in [1.165, 1.54) is 0 Å². The van der Waals surface area contributed by atoms with Gasteiger partial charge in [-0.15, -0.1) is 0 Å². The van der Waals surface area contributed by atoms with E-state index in [1.807, 2.05) is 18.2 Å². The molecule has 0 amide bonds. The van der Waals surface area contributed by atoms with E-state index in [4.69, 9.17) is 23.4 Å². The second-order valence-corrected chi connectivity index (χ2v) is 10.3. The van der Waals surface area contributed by atoms with Crippen molar-refractivity contribution in [3.05, 3.63) is 29.8 Å². The van der Waals surface area contributed by atoms with E-state index < -0.39 is 41.9 Å². The Labute approximate surface area is 169 Å². The van der Waals surface area contributed by atoms with Crippen LogP contribution in [0.2, 0.25) is 0 Å². The first-order chi connectivity index (χ1) is 12.8. The van der Waals surface area contributed by atoms with Gasteiger partial charge in [-0.2, -0.15) is 0 Å². The van der Waals surface area contributed by atoms with Crippen LogP contribution in [0.4, 0.5) is 0 Å². The van der Waals surface area contributed by atoms with E-state index >= 15 is 0 Å². The molecule has 0 saturated carbocycles. The standard InChI is InChI=1S/C21H32B2O5/c1-17(2)18(3,4)26-22(25-17)21(23-27-19(5,6)20(7,8)28-23)13-14-24-16-12-10-9-11-15(16)21/h9-12H,13-14H2,1-8H3. The molecular weight excluding hydrogens is 354 g/mol. The van der Waals surface area contributed by atoms with Crippen LogP contribution in [0.1, 0.15) is 67.4 Å². The lowest BCUT2D eigenvalue weighted by Gasteiger charge is -2.41. The van der Waals surface area contributed by atoms with Gasteiger partial charge in [0.1, 0.15) is 5.75 Å². The first kappa shape index (κ1) is 20.3. The van der Waals surface area contributed by atoms with Crippen molar-refractivity contribution >= 4 is 14.2 Å². The first-order valence-electron chi connectivity index (χ1n) is 10.3. The molecule has 4 rings (SSSR count). The highest BCUT2D eigenvalue weighted by Gasteiger charge is 2.71. The molecule has 28 heavy (non-hydrogen) atoms. The summed E-state index contributed by atoms with van der Waals surface area (Å²) in [5.41, 5.74) is -0.745. The van der Waals surface area contributed by atoms with Gasteiger partial charge >= 0.3 is 14.2 Å². The summed E-state index contributed by atoms with van der Waals surface area (Å²) >= 11 is 0. The molecule has 3 aliphatic heterocycles. The molecule has 7 heteroatoms. The molecule has 0 N–H and O–H groups in total. The van der Waals surface area contributed by atoms with Gasteiger partial charge in [0, 0.05) is 0 Å². The summed E-state index contributed by atoms with van der Waals surface area (Å²) in [5, 5.41) is -0.620. The van der Waals surface area contributed by atoms with E-state index in [-0.39, 0.29) is 0 Å². The minimum absolute atomic E-state index is 0.443. The third-order valence-corrected chi connectivity index (χ3v) is 7.51. The smallest absolute Gasteiger partial charge is 0.467 e. The largest absolute Gasteiger partial charge is 0.493 e. The van der Waals surface area contributed by atoms with E-state index in [0.29, 0.717) is 13.0 Å². The van der Waals surface area contributed by atoms with E-state index in [0.717, 1.165) is 11.3 Å². The molecule has 1 aromatic carbocycles. The summed E-state index contributed by atoms with van der Waals surface area (Å²) < 4.78 is 32.3. The van der Waals surface area contributed by atoms with Crippen molar-refractivity contribution in [1.29, 1.82) is 0 Å². The Hall–Kier alpha value is -1.01. The molecule has 0 bridgehead atoms. The predicted molar refractivity (Wildman–Crippen MR) is 110 cm³/mol. The van der Waals surface area contributed by atoms with Crippen molar-refractivity contribution in [2.24, 2.45) is 0 Å². The molecule has 152 valence electrons. The number of para-hydroxylation sites is 1. The zero-order valence-corrected chi connectivity index (χ0v) is 18.4. The van der Waals surface area contributed by atoms with E-state index in [2.05, 4.69) is 61.5 Å². The van der Waals surface area contributed by atoms with E-state index in [1.54, 1.807) is 0 Å². The monoisotopic (exact) mass is 386 g/mol. The van der Waals surface area contributed by atoms with Gasteiger partial charge in [-0.1, -0.05) is 18.2 Å². The Bertz CT molecular complexity index is 706. The van der Waals surface area contributed by atoms with Crippen LogP contribution in [0.15, 0.2) is 24.3 Å². The van der Waals surface area contributed by atoms with Crippen LogP contribution >= 0.6 is 0 Å². The fourth-order valence-electron chi connectivity index (χ4n) is 4.15. The second kappa shape index (κ2) is 6.00. The predicted octanol–water partition coefficient (Wildman–Crippen LogP) is 3.97. The third kappa shape index (κ3) is 2.70. The van der Waals surface area contributed by atoms with Gasteiger partial charge < -0.3 is 23.4 Å². The lowest BCUT2D eigenvalue weighted by molar-refractivity contribution is 0.00578. The number of hydrogen-bond acceptors (Lipinski definition) is 5. The summed E-state index contributed by atoms with van der Waals surface area (Å²) in [4.78, 5) is 0. The number of rotatable bonds is 2. The van der Waals surface area contributed by atoms with Crippen LogP contribution in [-0.2, 0) is 23.8 Å². The molecule has 3 aliphatic rings. The zero-order valence-electron chi connectivity index (χ0n) is 18.4. The summed E-state index contributed by atoms with van der Waals surface area (Å²) in [7, 11) is -1.01. The third-order valence-electron chi connectivity index (χ3n) is 7.51. The van der Waals surface area contributed by atoms with Crippen LogP contribution < -0.4 is 4.74 Å². The maximum atomic E-state index is 6.57. The topological polar surface area (TPSA) is 46.2 Å². The Morgan fingerprint density at radius 2 is 1.11 bits per heavy atom. The molecule has 2 fully saturated rings. The number of ether oxygens (including phenoxy) is 1. The van der Waals surface area contributed by atoms with Crippen molar-refractivity contribution in [2.45, 2.75) is 89.4 Å². The molecule has 3 heterocycles. The number of fused-ring (bicyclic) bond motifs is 1. The highest BCUT2D eigenvalue weighted by Crippen LogP contribution is 2.53. The molecule has 0 atom stereocenters. The van der Waals surface area contributed by atoms with E-state index in [9.17, 15) is 0 Å². The Morgan fingerprint density at radius 3 is 1.57 bits per heavy atom. The van der Waals surface area contributed by atoms with Gasteiger partial charge in [0.15, 0.2) is 0 Å². The van der Waals surface area contributed by atoms with Crippen LogP contribution in [0.5, 0.6) is 5.75 Å². The summed E-state index contributed by atoms with van der Waals surface area (Å²) in [5.74, 6) is 0.846. The zero-order chi connectivity index (χ0) is 20.6. The second-order valence-electron chi connectivity index (χ2n) is 10.3. The fraction of sp³-hybridized carbons (Fsp3) is 0.714. The summed E-state index contributed by atoms with van der Waals surface area (Å²) in [6.07, 6.45) is 0.692. The first-order valence-corrected chi connectivity index (χ1v) is 10.3. The summed E-state index contributed by atoms with van der Waals surface area (Å²) in [6.45, 7) is 17.2. The number of hydrogen-bond donors (Lipinski definition) is 0. The molecule has 0 unspecified atom stereocenters. The van der Waals surface area contributed by atoms with Gasteiger partial charge in [-0.3, -0.25) is 0 Å². The van der Waals surface area contributed by atoms with Crippen molar-refractivity contribution in [2.75, 3.05) is 6.61 Å². The molecule has 2 saturated heterocycles. The fourth-order valence-corrected chi connectivity index (χ4v) is 4.15.